The van der Waals surface area contributed by atoms with Crippen LogP contribution in [0.5, 0.6) is 0 Å². The third-order valence-corrected chi connectivity index (χ3v) is 6.01. The first-order valence-corrected chi connectivity index (χ1v) is 7.12. The molecule has 3 aliphatic rings. The average Bonchev–Trinajstić information content (AvgIpc) is 2.93. The molecule has 5 atom stereocenters. The normalized spacial score (nSPS) is 54.2. The summed E-state index contributed by atoms with van der Waals surface area (Å²) in [5.41, 5.74) is 5.53. The summed E-state index contributed by atoms with van der Waals surface area (Å²) in [5, 5.41) is 11.3. The quantitative estimate of drug-likeness (QED) is 0.768. The molecule has 0 aromatic heterocycles. The van der Waals surface area contributed by atoms with Gasteiger partial charge in [0.25, 0.3) is 0 Å². The minimum atomic E-state index is -0.583. The van der Waals surface area contributed by atoms with Gasteiger partial charge in [0.1, 0.15) is 0 Å². The molecule has 3 fully saturated rings. The van der Waals surface area contributed by atoms with Crippen LogP contribution in [0.2, 0.25) is 0 Å². The average molecular weight is 239 g/mol. The van der Waals surface area contributed by atoms with Crippen molar-refractivity contribution in [3.05, 3.63) is 0 Å². The summed E-state index contributed by atoms with van der Waals surface area (Å²) >= 11 is 0. The van der Waals surface area contributed by atoms with Gasteiger partial charge in [-0.25, -0.2) is 0 Å². The third-order valence-electron chi connectivity index (χ3n) is 6.01. The summed E-state index contributed by atoms with van der Waals surface area (Å²) in [7, 11) is 0. The van der Waals surface area contributed by atoms with Gasteiger partial charge in [-0.1, -0.05) is 13.3 Å². The van der Waals surface area contributed by atoms with Crippen LogP contribution in [0.3, 0.4) is 0 Å². The molecule has 2 saturated carbocycles. The van der Waals surface area contributed by atoms with E-state index >= 15 is 0 Å². The largest absolute Gasteiger partial charge is 0.389 e. The lowest BCUT2D eigenvalue weighted by atomic mass is 9.57. The lowest BCUT2D eigenvalue weighted by Gasteiger charge is -2.54. The van der Waals surface area contributed by atoms with Crippen LogP contribution in [-0.4, -0.2) is 30.5 Å². The second-order valence-electron chi connectivity index (χ2n) is 6.59. The first-order chi connectivity index (χ1) is 8.12. The fourth-order valence-corrected chi connectivity index (χ4v) is 5.01. The van der Waals surface area contributed by atoms with E-state index in [0.29, 0.717) is 25.7 Å². The van der Waals surface area contributed by atoms with Crippen molar-refractivity contribution in [2.75, 3.05) is 19.8 Å². The molecule has 2 aliphatic carbocycles. The molecule has 3 rings (SSSR count). The molecule has 0 amide bonds. The zero-order valence-corrected chi connectivity index (χ0v) is 10.8. The summed E-state index contributed by atoms with van der Waals surface area (Å²) in [6.07, 6.45) is 5.85. The predicted octanol–water partition coefficient (Wildman–Crippen LogP) is 1.54. The van der Waals surface area contributed by atoms with E-state index in [1.165, 1.54) is 19.3 Å². The Morgan fingerprint density at radius 1 is 1.41 bits per heavy atom. The number of nitrogens with two attached hydrogens (primary N) is 1. The van der Waals surface area contributed by atoms with Crippen molar-refractivity contribution in [2.45, 2.75) is 44.6 Å². The topological polar surface area (TPSA) is 55.5 Å². The second-order valence-corrected chi connectivity index (χ2v) is 6.59. The van der Waals surface area contributed by atoms with Gasteiger partial charge in [0, 0.05) is 30.9 Å². The number of ether oxygens (including phenoxy) is 1. The maximum Gasteiger partial charge on any atom is 0.0787 e. The number of rotatable bonds is 2. The Hall–Kier alpha value is -0.120. The molecule has 3 N–H and O–H groups in total. The van der Waals surface area contributed by atoms with Crippen LogP contribution < -0.4 is 5.73 Å². The van der Waals surface area contributed by atoms with E-state index in [2.05, 4.69) is 6.92 Å². The van der Waals surface area contributed by atoms with E-state index in [-0.39, 0.29) is 11.3 Å². The van der Waals surface area contributed by atoms with Gasteiger partial charge in [-0.3, -0.25) is 0 Å². The zero-order chi connectivity index (χ0) is 12.1. The van der Waals surface area contributed by atoms with Gasteiger partial charge in [0.05, 0.1) is 12.2 Å². The Morgan fingerprint density at radius 2 is 2.24 bits per heavy atom. The van der Waals surface area contributed by atoms with Crippen LogP contribution >= 0.6 is 0 Å². The number of aliphatic hydroxyl groups is 1. The highest BCUT2D eigenvalue weighted by molar-refractivity contribution is 5.13. The number of fused-ring (bicyclic) bond motifs is 2. The van der Waals surface area contributed by atoms with E-state index in [1.807, 2.05) is 0 Å². The fourth-order valence-electron chi connectivity index (χ4n) is 5.01. The maximum atomic E-state index is 11.3. The van der Waals surface area contributed by atoms with Gasteiger partial charge >= 0.3 is 0 Å². The zero-order valence-electron chi connectivity index (χ0n) is 10.8. The Morgan fingerprint density at radius 3 is 2.76 bits per heavy atom. The van der Waals surface area contributed by atoms with E-state index in [1.54, 1.807) is 0 Å². The standard InChI is InChI=1S/C14H25NO2/c1-10-8-17-5-4-14(10,16)13(9-15)7-11-2-3-12(13)6-11/h10-12,16H,2-9,15H2,1H3. The smallest absolute Gasteiger partial charge is 0.0787 e. The SMILES string of the molecule is CC1COCCC1(O)C1(CN)CC2CCC1C2. The monoisotopic (exact) mass is 239 g/mol. The molecule has 0 radical (unpaired) electrons. The summed E-state index contributed by atoms with van der Waals surface area (Å²) in [6.45, 7) is 4.16. The molecule has 3 nitrogen and oxygen atoms in total. The summed E-state index contributed by atoms with van der Waals surface area (Å²) in [4.78, 5) is 0. The summed E-state index contributed by atoms with van der Waals surface area (Å²) in [6, 6.07) is 0. The molecule has 0 aromatic carbocycles. The van der Waals surface area contributed by atoms with Crippen molar-refractivity contribution in [1.82, 2.24) is 0 Å². The molecular formula is C14H25NO2. The molecule has 1 aliphatic heterocycles. The van der Waals surface area contributed by atoms with E-state index in [4.69, 9.17) is 10.5 Å². The lowest BCUT2D eigenvalue weighted by Crippen LogP contribution is -2.61. The van der Waals surface area contributed by atoms with Gasteiger partial charge in [-0.2, -0.15) is 0 Å². The van der Waals surface area contributed by atoms with Crippen LogP contribution in [-0.2, 0) is 4.74 Å². The maximum absolute atomic E-state index is 11.3. The van der Waals surface area contributed by atoms with Crippen LogP contribution in [0.4, 0.5) is 0 Å². The van der Waals surface area contributed by atoms with E-state index in [9.17, 15) is 5.11 Å². The molecular weight excluding hydrogens is 214 g/mol. The molecule has 0 spiro atoms. The molecule has 98 valence electrons. The summed E-state index contributed by atoms with van der Waals surface area (Å²) < 4.78 is 5.51. The Balaban J connectivity index is 1.94. The summed E-state index contributed by atoms with van der Waals surface area (Å²) in [5.74, 6) is 1.70. The highest BCUT2D eigenvalue weighted by Gasteiger charge is 2.62. The van der Waals surface area contributed by atoms with E-state index in [0.717, 1.165) is 18.8 Å². The van der Waals surface area contributed by atoms with Crippen LogP contribution in [0.1, 0.15) is 39.0 Å². The predicted molar refractivity (Wildman–Crippen MR) is 66.5 cm³/mol. The Kier molecular flexibility index (Phi) is 2.77. The van der Waals surface area contributed by atoms with Gasteiger partial charge in [0.2, 0.25) is 0 Å². The van der Waals surface area contributed by atoms with Gasteiger partial charge in [-0.05, 0) is 31.1 Å². The van der Waals surface area contributed by atoms with Crippen molar-refractivity contribution >= 4 is 0 Å². The molecule has 2 bridgehead atoms. The minimum absolute atomic E-state index is 0.0148. The highest BCUT2D eigenvalue weighted by atomic mass is 16.5. The van der Waals surface area contributed by atoms with Crippen LogP contribution in [0, 0.1) is 23.2 Å². The van der Waals surface area contributed by atoms with Crippen molar-refractivity contribution < 1.29 is 9.84 Å². The van der Waals surface area contributed by atoms with Crippen molar-refractivity contribution in [3.63, 3.8) is 0 Å². The molecule has 1 heterocycles. The van der Waals surface area contributed by atoms with Crippen molar-refractivity contribution in [1.29, 1.82) is 0 Å². The molecule has 0 aromatic rings. The molecule has 17 heavy (non-hydrogen) atoms. The van der Waals surface area contributed by atoms with Crippen LogP contribution in [0.25, 0.3) is 0 Å². The first-order valence-electron chi connectivity index (χ1n) is 7.12. The first kappa shape index (κ1) is 11.9. The van der Waals surface area contributed by atoms with Gasteiger partial charge < -0.3 is 15.6 Å². The second kappa shape index (κ2) is 3.94. The Bertz CT molecular complexity index is 309. The van der Waals surface area contributed by atoms with Gasteiger partial charge in [0.15, 0.2) is 0 Å². The number of hydrogen-bond acceptors (Lipinski definition) is 3. The molecule has 1 saturated heterocycles. The minimum Gasteiger partial charge on any atom is -0.389 e. The van der Waals surface area contributed by atoms with Crippen LogP contribution in [0.15, 0.2) is 0 Å². The lowest BCUT2D eigenvalue weighted by molar-refractivity contribution is -0.193. The number of hydrogen-bond donors (Lipinski definition) is 2. The van der Waals surface area contributed by atoms with Crippen molar-refractivity contribution in [2.24, 2.45) is 28.9 Å². The Labute approximate surface area is 104 Å². The van der Waals surface area contributed by atoms with E-state index < -0.39 is 5.60 Å². The molecule has 5 unspecified atom stereocenters. The molecule has 3 heteroatoms. The van der Waals surface area contributed by atoms with Crippen molar-refractivity contribution in [3.8, 4) is 0 Å². The highest BCUT2D eigenvalue weighted by Crippen LogP contribution is 2.62. The third kappa shape index (κ3) is 1.45. The fraction of sp³-hybridized carbons (Fsp3) is 1.00. The van der Waals surface area contributed by atoms with Gasteiger partial charge in [-0.15, -0.1) is 0 Å².